The molecule has 0 fully saturated rings. The van der Waals surface area contributed by atoms with E-state index in [9.17, 15) is 9.70 Å². The standard InChI is InChI=1S/C10H9N3O3/c1-2-16-10(14)8-6-11-13-4-3-7(12-15)5-9(8)13/h3-6H,2H2,1H3. The van der Waals surface area contributed by atoms with Crippen LogP contribution in [0.1, 0.15) is 17.3 Å². The van der Waals surface area contributed by atoms with E-state index in [0.29, 0.717) is 17.7 Å². The van der Waals surface area contributed by atoms with E-state index >= 15 is 0 Å². The van der Waals surface area contributed by atoms with Gasteiger partial charge in [0.25, 0.3) is 0 Å². The van der Waals surface area contributed by atoms with Crippen LogP contribution >= 0.6 is 0 Å². The molecule has 0 aliphatic carbocycles. The number of pyridine rings is 1. The summed E-state index contributed by atoms with van der Waals surface area (Å²) in [5.74, 6) is -0.458. The molecule has 0 bridgehead atoms. The molecule has 6 nitrogen and oxygen atoms in total. The molecule has 2 aromatic heterocycles. The summed E-state index contributed by atoms with van der Waals surface area (Å²) in [5, 5.41) is 6.77. The molecule has 0 saturated carbocycles. The molecular weight excluding hydrogens is 210 g/mol. The van der Waals surface area contributed by atoms with E-state index < -0.39 is 5.97 Å². The summed E-state index contributed by atoms with van der Waals surface area (Å²) < 4.78 is 6.35. The number of esters is 1. The molecule has 0 amide bonds. The smallest absolute Gasteiger partial charge is 0.341 e. The number of nitroso groups, excluding NO2 is 1. The first-order chi connectivity index (χ1) is 7.76. The number of nitrogens with zero attached hydrogens (tertiary/aromatic N) is 3. The zero-order chi connectivity index (χ0) is 11.5. The summed E-state index contributed by atoms with van der Waals surface area (Å²) in [5.41, 5.74) is 1.08. The SMILES string of the molecule is CCOC(=O)c1cnn2ccc(N=O)cc12. The van der Waals surface area contributed by atoms with E-state index in [2.05, 4.69) is 10.3 Å². The van der Waals surface area contributed by atoms with E-state index in [-0.39, 0.29) is 5.69 Å². The molecule has 0 aliphatic rings. The fourth-order valence-electron chi connectivity index (χ4n) is 1.39. The third-order valence-electron chi connectivity index (χ3n) is 2.11. The summed E-state index contributed by atoms with van der Waals surface area (Å²) in [7, 11) is 0. The molecule has 0 spiro atoms. The number of ether oxygens (including phenoxy) is 1. The molecule has 82 valence electrons. The van der Waals surface area contributed by atoms with Gasteiger partial charge in [-0.1, -0.05) is 0 Å². The van der Waals surface area contributed by atoms with Gasteiger partial charge in [0.2, 0.25) is 0 Å². The first kappa shape index (κ1) is 10.3. The Hall–Kier alpha value is -2.24. The maximum Gasteiger partial charge on any atom is 0.341 e. The number of carbonyl (C=O) groups excluding carboxylic acids is 1. The number of rotatable bonds is 3. The largest absolute Gasteiger partial charge is 0.462 e. The van der Waals surface area contributed by atoms with Crippen LogP contribution < -0.4 is 0 Å². The molecule has 0 atom stereocenters. The van der Waals surface area contributed by atoms with Crippen LogP contribution in [-0.4, -0.2) is 22.2 Å². The Morgan fingerprint density at radius 1 is 1.62 bits per heavy atom. The second-order valence-corrected chi connectivity index (χ2v) is 3.08. The molecule has 0 radical (unpaired) electrons. The van der Waals surface area contributed by atoms with Gasteiger partial charge in [0.1, 0.15) is 11.3 Å². The highest BCUT2D eigenvalue weighted by Crippen LogP contribution is 2.18. The van der Waals surface area contributed by atoms with Crippen LogP contribution in [0.2, 0.25) is 0 Å². The Morgan fingerprint density at radius 3 is 3.12 bits per heavy atom. The second-order valence-electron chi connectivity index (χ2n) is 3.08. The molecule has 2 rings (SSSR count). The molecule has 2 heterocycles. The van der Waals surface area contributed by atoms with E-state index in [1.165, 1.54) is 22.8 Å². The fourth-order valence-corrected chi connectivity index (χ4v) is 1.39. The maximum atomic E-state index is 11.5. The van der Waals surface area contributed by atoms with Crippen molar-refractivity contribution in [3.63, 3.8) is 0 Å². The minimum absolute atomic E-state index is 0.249. The quantitative estimate of drug-likeness (QED) is 0.583. The van der Waals surface area contributed by atoms with Crippen molar-refractivity contribution >= 4 is 17.2 Å². The molecule has 0 aliphatic heterocycles. The van der Waals surface area contributed by atoms with Gasteiger partial charge in [0, 0.05) is 6.20 Å². The van der Waals surface area contributed by atoms with Gasteiger partial charge < -0.3 is 4.74 Å². The summed E-state index contributed by atoms with van der Waals surface area (Å²) in [6.07, 6.45) is 2.97. The number of fused-ring (bicyclic) bond motifs is 1. The minimum atomic E-state index is -0.458. The molecule has 0 saturated heterocycles. The molecule has 6 heteroatoms. The van der Waals surface area contributed by atoms with Gasteiger partial charge in [-0.05, 0) is 24.2 Å². The van der Waals surface area contributed by atoms with E-state index in [1.54, 1.807) is 13.1 Å². The number of hydrogen-bond donors (Lipinski definition) is 0. The zero-order valence-electron chi connectivity index (χ0n) is 8.58. The van der Waals surface area contributed by atoms with Crippen LogP contribution in [-0.2, 0) is 4.74 Å². The average Bonchev–Trinajstić information content (AvgIpc) is 2.71. The zero-order valence-corrected chi connectivity index (χ0v) is 8.58. The predicted octanol–water partition coefficient (Wildman–Crippen LogP) is 1.91. The molecule has 2 aromatic rings. The van der Waals surface area contributed by atoms with Crippen LogP contribution in [0.5, 0.6) is 0 Å². The van der Waals surface area contributed by atoms with E-state index in [1.807, 2.05) is 0 Å². The van der Waals surface area contributed by atoms with Gasteiger partial charge in [0.05, 0.1) is 18.3 Å². The van der Waals surface area contributed by atoms with Crippen LogP contribution in [0, 0.1) is 4.91 Å². The lowest BCUT2D eigenvalue weighted by atomic mass is 10.2. The number of aromatic nitrogens is 2. The highest BCUT2D eigenvalue weighted by Gasteiger charge is 2.13. The summed E-state index contributed by atoms with van der Waals surface area (Å²) in [4.78, 5) is 21.9. The monoisotopic (exact) mass is 219 g/mol. The topological polar surface area (TPSA) is 73.0 Å². The van der Waals surface area contributed by atoms with Crippen molar-refractivity contribution in [1.82, 2.24) is 9.61 Å². The molecular formula is C10H9N3O3. The Balaban J connectivity index is 2.53. The third-order valence-corrected chi connectivity index (χ3v) is 2.11. The Bertz CT molecular complexity index is 547. The van der Waals surface area contributed by atoms with Gasteiger partial charge in [-0.3, -0.25) is 0 Å². The van der Waals surface area contributed by atoms with Crippen LogP contribution in [0.4, 0.5) is 5.69 Å². The molecule has 0 N–H and O–H groups in total. The first-order valence-corrected chi connectivity index (χ1v) is 4.74. The number of carbonyl (C=O) groups is 1. The van der Waals surface area contributed by atoms with Crippen molar-refractivity contribution in [2.24, 2.45) is 5.18 Å². The Kier molecular flexibility index (Phi) is 2.63. The lowest BCUT2D eigenvalue weighted by molar-refractivity contribution is 0.0528. The van der Waals surface area contributed by atoms with Crippen molar-refractivity contribution in [3.05, 3.63) is 35.0 Å². The van der Waals surface area contributed by atoms with Gasteiger partial charge in [-0.25, -0.2) is 9.31 Å². The van der Waals surface area contributed by atoms with Crippen molar-refractivity contribution in [3.8, 4) is 0 Å². The van der Waals surface area contributed by atoms with Crippen LogP contribution in [0.25, 0.3) is 5.52 Å². The van der Waals surface area contributed by atoms with Crippen molar-refractivity contribution in [2.45, 2.75) is 6.92 Å². The Morgan fingerprint density at radius 2 is 2.44 bits per heavy atom. The molecule has 0 aromatic carbocycles. The van der Waals surface area contributed by atoms with Crippen molar-refractivity contribution < 1.29 is 9.53 Å². The summed E-state index contributed by atoms with van der Waals surface area (Å²) in [6, 6.07) is 3.01. The van der Waals surface area contributed by atoms with Crippen molar-refractivity contribution in [1.29, 1.82) is 0 Å². The predicted molar refractivity (Wildman–Crippen MR) is 56.6 cm³/mol. The lowest BCUT2D eigenvalue weighted by Gasteiger charge is -1.99. The highest BCUT2D eigenvalue weighted by molar-refractivity contribution is 5.97. The first-order valence-electron chi connectivity index (χ1n) is 4.74. The molecule has 0 unspecified atom stereocenters. The van der Waals surface area contributed by atoms with Crippen LogP contribution in [0.15, 0.2) is 29.7 Å². The normalized spacial score (nSPS) is 10.3. The third kappa shape index (κ3) is 1.65. The van der Waals surface area contributed by atoms with E-state index in [0.717, 1.165) is 0 Å². The minimum Gasteiger partial charge on any atom is -0.462 e. The van der Waals surface area contributed by atoms with Gasteiger partial charge in [-0.2, -0.15) is 5.10 Å². The van der Waals surface area contributed by atoms with Gasteiger partial charge in [0.15, 0.2) is 0 Å². The average molecular weight is 219 g/mol. The van der Waals surface area contributed by atoms with Gasteiger partial charge >= 0.3 is 5.97 Å². The Labute approximate surface area is 90.8 Å². The summed E-state index contributed by atoms with van der Waals surface area (Å²) >= 11 is 0. The van der Waals surface area contributed by atoms with Crippen molar-refractivity contribution in [2.75, 3.05) is 6.61 Å². The lowest BCUT2D eigenvalue weighted by Crippen LogP contribution is -2.03. The van der Waals surface area contributed by atoms with E-state index in [4.69, 9.17) is 4.74 Å². The maximum absolute atomic E-state index is 11.5. The fraction of sp³-hybridized carbons (Fsp3) is 0.200. The highest BCUT2D eigenvalue weighted by atomic mass is 16.5. The number of hydrogen-bond acceptors (Lipinski definition) is 5. The van der Waals surface area contributed by atoms with Crippen LogP contribution in [0.3, 0.4) is 0 Å². The summed E-state index contributed by atoms with van der Waals surface area (Å²) in [6.45, 7) is 2.02. The second kappa shape index (κ2) is 4.09. The molecule has 16 heavy (non-hydrogen) atoms. The van der Waals surface area contributed by atoms with Gasteiger partial charge in [-0.15, -0.1) is 4.91 Å².